The summed E-state index contributed by atoms with van der Waals surface area (Å²) in [6.45, 7) is 12.8. The van der Waals surface area contributed by atoms with Gasteiger partial charge in [0.2, 0.25) is 70.9 Å². The molecule has 7 aliphatic rings. The van der Waals surface area contributed by atoms with Crippen molar-refractivity contribution in [2.45, 2.75) is 268 Å². The van der Waals surface area contributed by atoms with Crippen LogP contribution < -0.4 is 16.0 Å². The van der Waals surface area contributed by atoms with Crippen molar-refractivity contribution in [3.63, 3.8) is 0 Å². The van der Waals surface area contributed by atoms with Gasteiger partial charge in [-0.2, -0.15) is 13.2 Å². The van der Waals surface area contributed by atoms with E-state index in [0.717, 1.165) is 25.7 Å². The molecule has 0 aromatic carbocycles. The van der Waals surface area contributed by atoms with Crippen LogP contribution in [-0.4, -0.2) is 261 Å². The van der Waals surface area contributed by atoms with E-state index in [0.29, 0.717) is 64.5 Å². The molecule has 3 saturated carbocycles. The van der Waals surface area contributed by atoms with Crippen molar-refractivity contribution >= 4 is 82.5 Å². The lowest BCUT2D eigenvalue weighted by molar-refractivity contribution is -0.182. The Hall–Kier alpha value is -6.28. The summed E-state index contributed by atoms with van der Waals surface area (Å²) < 4.78 is 42.0. The minimum Gasteiger partial charge on any atom is -0.343 e. The van der Waals surface area contributed by atoms with Crippen LogP contribution in [0.5, 0.6) is 0 Å². The summed E-state index contributed by atoms with van der Waals surface area (Å²) in [6, 6.07) is -10.8. The number of likely N-dealkylation sites (N-methyl/N-ethyl adjacent to an activating group) is 6. The fraction of sp³-hybridized carbons (Fsp3) is 0.831. The van der Waals surface area contributed by atoms with Crippen LogP contribution in [-0.2, 0) is 57.5 Å². The molecular formula is C71H114ClF3N12O12. The first-order valence-corrected chi connectivity index (χ1v) is 37.1. The third-order valence-corrected chi connectivity index (χ3v) is 23.5. The Balaban J connectivity index is 1.27. The lowest BCUT2D eigenvalue weighted by Gasteiger charge is -2.46. The van der Waals surface area contributed by atoms with E-state index in [1.165, 1.54) is 88.4 Å². The number of nitrogens with zero attached hydrogens (tertiary/aromatic N) is 9. The second kappa shape index (κ2) is 34.6. The molecule has 28 heteroatoms. The number of hydrogen-bond acceptors (Lipinski definition) is 12. The van der Waals surface area contributed by atoms with Crippen molar-refractivity contribution in [2.75, 3.05) is 75.0 Å². The van der Waals surface area contributed by atoms with Crippen LogP contribution in [0.4, 0.5) is 13.2 Å². The standard InChI is InChI=1S/C71H114ClF3N12O12/c1-14-44(6)57-66(96)80(9)45(7)62(92)87-37-31-52(87)64(94)83(12)59(47-24-17-15-18-25-47)67(97)79(8)41-55(88)76-50(30-28-46-27-29-48(49(72)39-46)71(73,74)75)63(93)86-36-23-26-51(86)61(91)78-70(32-19-20-33-70)69(99)84(13)58(43(4)5)68(98)82(11)54(65(95)85-34-21-16-22-35-85)40-56(89)81(10)53(38-42(2)3)60(90)77-57/h42-54,57-59H,14-41H2,1-13H3,(H,76,88)(H,77,90)(H,78,91)/t44-,45-,46?,48?,49?,50-,51-,52-,53-,54-,57-,58-,59-/m0/s1. The molecule has 558 valence electrons. The minimum absolute atomic E-state index is 0.00122. The van der Waals surface area contributed by atoms with Crippen LogP contribution in [0, 0.1) is 35.5 Å². The average molecular weight is 1420 g/mol. The van der Waals surface area contributed by atoms with Crippen LogP contribution >= 0.6 is 11.6 Å². The molecule has 12 amide bonds. The van der Waals surface area contributed by atoms with Gasteiger partial charge in [0, 0.05) is 73.8 Å². The fourth-order valence-corrected chi connectivity index (χ4v) is 16.9. The number of carbonyl (C=O) groups is 12. The molecule has 7 rings (SSSR count). The second-order valence-corrected chi connectivity index (χ2v) is 31.2. The Morgan fingerprint density at radius 3 is 1.82 bits per heavy atom. The van der Waals surface area contributed by atoms with Gasteiger partial charge in [0.15, 0.2) is 0 Å². The summed E-state index contributed by atoms with van der Waals surface area (Å²) >= 11 is 6.40. The van der Waals surface area contributed by atoms with Gasteiger partial charge < -0.3 is 60.0 Å². The van der Waals surface area contributed by atoms with Gasteiger partial charge in [0.1, 0.15) is 59.9 Å². The van der Waals surface area contributed by atoms with Gasteiger partial charge >= 0.3 is 6.18 Å². The van der Waals surface area contributed by atoms with Gasteiger partial charge in [-0.1, -0.05) is 80.1 Å². The number of alkyl halides is 4. The Kier molecular flexibility index (Phi) is 28.0. The summed E-state index contributed by atoms with van der Waals surface area (Å²) in [5.74, 6) is -11.0. The van der Waals surface area contributed by atoms with E-state index in [1.807, 2.05) is 20.8 Å². The van der Waals surface area contributed by atoms with Crippen molar-refractivity contribution in [2.24, 2.45) is 35.5 Å². The average Bonchev–Trinajstić information content (AvgIpc) is 1.72. The van der Waals surface area contributed by atoms with Crippen molar-refractivity contribution < 1.29 is 70.7 Å². The molecular weight excluding hydrogens is 1310 g/mol. The SMILES string of the molecule is CC[C@H](C)[C@@H]1NC(=O)[C@H](CC(C)C)N(C)C(=O)C[C@@H](C(=O)N2CCCCC2)N(C)C(=O)[C@H](C(C)C)N(C)C(=O)C2(CCCC2)NC(=O)[C@@H]2CCCN2C(=O)[C@H](CCC2CCC(C(F)(F)F)C(Cl)C2)NC(=O)CN(C)C(=O)[C@H](C2CCCCC2)N(C)C(=O)[C@@H]2CCN2C(=O)[C@H](C)N(C)C1=O. The molecule has 3 aliphatic carbocycles. The lowest BCUT2D eigenvalue weighted by Crippen LogP contribution is -2.65. The smallest absolute Gasteiger partial charge is 0.343 e. The molecule has 0 bridgehead atoms. The highest BCUT2D eigenvalue weighted by atomic mass is 35.5. The zero-order chi connectivity index (χ0) is 73.3. The molecule has 4 heterocycles. The van der Waals surface area contributed by atoms with Crippen LogP contribution in [0.2, 0.25) is 0 Å². The number of nitrogens with one attached hydrogen (secondary N) is 3. The van der Waals surface area contributed by atoms with E-state index >= 15 is 28.8 Å². The largest absolute Gasteiger partial charge is 0.393 e. The predicted molar refractivity (Wildman–Crippen MR) is 365 cm³/mol. The fourth-order valence-electron chi connectivity index (χ4n) is 16.4. The Morgan fingerprint density at radius 1 is 0.616 bits per heavy atom. The molecule has 24 nitrogen and oxygen atoms in total. The van der Waals surface area contributed by atoms with E-state index in [1.54, 1.807) is 25.7 Å². The summed E-state index contributed by atoms with van der Waals surface area (Å²) in [4.78, 5) is 192. The van der Waals surface area contributed by atoms with Crippen LogP contribution in [0.25, 0.3) is 0 Å². The highest BCUT2D eigenvalue weighted by Gasteiger charge is 2.53. The zero-order valence-electron chi connectivity index (χ0n) is 61.0. The van der Waals surface area contributed by atoms with E-state index in [4.69, 9.17) is 11.6 Å². The van der Waals surface area contributed by atoms with Crippen molar-refractivity contribution in [1.82, 2.24) is 60.0 Å². The monoisotopic (exact) mass is 1420 g/mol. The maximum Gasteiger partial charge on any atom is 0.393 e. The van der Waals surface area contributed by atoms with E-state index < -0.39 is 173 Å². The molecule has 4 aliphatic heterocycles. The molecule has 3 unspecified atom stereocenters. The topological polar surface area (TPSA) is 270 Å². The number of rotatable bonds is 10. The second-order valence-electron chi connectivity index (χ2n) is 30.6. The van der Waals surface area contributed by atoms with Crippen LogP contribution in [0.1, 0.15) is 196 Å². The lowest BCUT2D eigenvalue weighted by atomic mass is 9.78. The summed E-state index contributed by atoms with van der Waals surface area (Å²) in [5.41, 5.74) is -1.56. The maximum atomic E-state index is 15.4. The summed E-state index contributed by atoms with van der Waals surface area (Å²) in [7, 11) is 8.68. The first-order valence-electron chi connectivity index (χ1n) is 36.7. The van der Waals surface area contributed by atoms with Gasteiger partial charge in [0.25, 0.3) is 0 Å². The van der Waals surface area contributed by atoms with E-state index in [2.05, 4.69) is 16.0 Å². The van der Waals surface area contributed by atoms with Crippen LogP contribution in [0.3, 0.4) is 0 Å². The molecule has 3 N–H and O–H groups in total. The number of fused-ring (bicyclic) bond motifs is 2. The molecule has 13 atom stereocenters. The maximum absolute atomic E-state index is 15.4. The Bertz CT molecular complexity index is 2920. The number of amides is 12. The normalized spacial score (nSPS) is 31.2. The molecule has 0 aromatic rings. The Morgan fingerprint density at radius 2 is 1.24 bits per heavy atom. The number of hydrogen-bond donors (Lipinski definition) is 3. The van der Waals surface area contributed by atoms with E-state index in [9.17, 15) is 41.9 Å². The molecule has 0 radical (unpaired) electrons. The summed E-state index contributed by atoms with van der Waals surface area (Å²) in [5, 5.41) is 7.61. The van der Waals surface area contributed by atoms with Gasteiger partial charge in [-0.25, -0.2) is 0 Å². The van der Waals surface area contributed by atoms with Crippen molar-refractivity contribution in [3.05, 3.63) is 0 Å². The number of halogens is 4. The molecule has 4 saturated heterocycles. The third kappa shape index (κ3) is 18.7. The molecule has 1 spiro atoms. The quantitative estimate of drug-likeness (QED) is 0.222. The summed E-state index contributed by atoms with van der Waals surface area (Å²) in [6.07, 6.45) is 3.53. The first-order chi connectivity index (χ1) is 46.6. The van der Waals surface area contributed by atoms with Gasteiger partial charge in [-0.15, -0.1) is 11.6 Å². The van der Waals surface area contributed by atoms with E-state index in [-0.39, 0.29) is 95.1 Å². The van der Waals surface area contributed by atoms with Gasteiger partial charge in [0.05, 0.1) is 18.9 Å². The third-order valence-electron chi connectivity index (χ3n) is 23.0. The number of likely N-dealkylation sites (tertiary alicyclic amines) is 1. The van der Waals surface area contributed by atoms with Crippen LogP contribution in [0.15, 0.2) is 0 Å². The Labute approximate surface area is 588 Å². The van der Waals surface area contributed by atoms with Gasteiger partial charge in [-0.3, -0.25) is 57.5 Å². The highest BCUT2D eigenvalue weighted by Crippen LogP contribution is 2.44. The van der Waals surface area contributed by atoms with Gasteiger partial charge in [-0.05, 0) is 139 Å². The zero-order valence-corrected chi connectivity index (χ0v) is 61.7. The first kappa shape index (κ1) is 80.0. The molecule has 0 aromatic heterocycles. The molecule has 99 heavy (non-hydrogen) atoms. The number of carbonyl (C=O) groups excluding carboxylic acids is 12. The molecule has 7 fully saturated rings. The van der Waals surface area contributed by atoms with Crippen molar-refractivity contribution in [1.29, 1.82) is 0 Å². The van der Waals surface area contributed by atoms with Crippen molar-refractivity contribution in [3.8, 4) is 0 Å². The predicted octanol–water partition coefficient (Wildman–Crippen LogP) is 5.70. The highest BCUT2D eigenvalue weighted by molar-refractivity contribution is 6.21. The number of piperidine rings is 1. The minimum atomic E-state index is -4.51.